The Balaban J connectivity index is 1.69. The predicted octanol–water partition coefficient (Wildman–Crippen LogP) is 4.98. The number of non-ortho nitro benzene ring substituents is 1. The Labute approximate surface area is 169 Å². The SMILES string of the molecule is C[C@@H]1CCCN(c2ccc([C@@H](C)NC(=O)c3cc([N+](=O)[O-])ccc3Cl)cc2)C1. The monoisotopic (exact) mass is 401 g/mol. The molecule has 1 amide bonds. The Hall–Kier alpha value is -2.60. The minimum Gasteiger partial charge on any atom is -0.371 e. The maximum atomic E-state index is 12.5. The number of carbonyl (C=O) groups is 1. The second-order valence-electron chi connectivity index (χ2n) is 7.40. The van der Waals surface area contributed by atoms with E-state index in [9.17, 15) is 14.9 Å². The van der Waals surface area contributed by atoms with Gasteiger partial charge in [0.1, 0.15) is 0 Å². The molecule has 0 radical (unpaired) electrons. The van der Waals surface area contributed by atoms with Crippen molar-refractivity contribution in [1.29, 1.82) is 0 Å². The summed E-state index contributed by atoms with van der Waals surface area (Å²) in [6.45, 7) is 6.29. The van der Waals surface area contributed by atoms with Crippen LogP contribution in [0.5, 0.6) is 0 Å². The molecule has 1 heterocycles. The fraction of sp³-hybridized carbons (Fsp3) is 0.381. The third-order valence-corrected chi connectivity index (χ3v) is 5.50. The van der Waals surface area contributed by atoms with Crippen LogP contribution in [0.3, 0.4) is 0 Å². The molecule has 1 aliphatic heterocycles. The van der Waals surface area contributed by atoms with E-state index in [1.807, 2.05) is 19.1 Å². The third-order valence-electron chi connectivity index (χ3n) is 5.17. The quantitative estimate of drug-likeness (QED) is 0.566. The molecule has 1 saturated heterocycles. The fourth-order valence-corrected chi connectivity index (χ4v) is 3.76. The van der Waals surface area contributed by atoms with Gasteiger partial charge in [-0.1, -0.05) is 30.7 Å². The smallest absolute Gasteiger partial charge is 0.270 e. The van der Waals surface area contributed by atoms with E-state index in [0.717, 1.165) is 18.7 Å². The van der Waals surface area contributed by atoms with Gasteiger partial charge in [-0.25, -0.2) is 0 Å². The maximum Gasteiger partial charge on any atom is 0.270 e. The molecule has 2 aromatic carbocycles. The van der Waals surface area contributed by atoms with Gasteiger partial charge in [0.25, 0.3) is 11.6 Å². The van der Waals surface area contributed by atoms with Crippen molar-refractivity contribution in [3.8, 4) is 0 Å². The van der Waals surface area contributed by atoms with E-state index in [1.54, 1.807) is 0 Å². The number of nitrogens with zero attached hydrogens (tertiary/aromatic N) is 2. The summed E-state index contributed by atoms with van der Waals surface area (Å²) in [5.74, 6) is 0.265. The van der Waals surface area contributed by atoms with E-state index in [4.69, 9.17) is 11.6 Å². The van der Waals surface area contributed by atoms with Gasteiger partial charge in [0.05, 0.1) is 21.6 Å². The number of nitrogens with one attached hydrogen (secondary N) is 1. The first-order valence-corrected chi connectivity index (χ1v) is 9.82. The second kappa shape index (κ2) is 8.61. The molecule has 1 N–H and O–H groups in total. The summed E-state index contributed by atoms with van der Waals surface area (Å²) in [6.07, 6.45) is 2.48. The number of hydrogen-bond donors (Lipinski definition) is 1. The molecule has 6 nitrogen and oxygen atoms in total. The molecule has 3 rings (SSSR count). The Kier molecular flexibility index (Phi) is 6.19. The van der Waals surface area contributed by atoms with Crippen LogP contribution < -0.4 is 10.2 Å². The molecule has 0 bridgehead atoms. The van der Waals surface area contributed by atoms with Crippen molar-refractivity contribution in [3.05, 3.63) is 68.7 Å². The van der Waals surface area contributed by atoms with Gasteiger partial charge in [-0.2, -0.15) is 0 Å². The minimum atomic E-state index is -0.545. The van der Waals surface area contributed by atoms with Crippen molar-refractivity contribution >= 4 is 28.9 Å². The van der Waals surface area contributed by atoms with Gasteiger partial charge in [0, 0.05) is 30.9 Å². The zero-order chi connectivity index (χ0) is 20.3. The minimum absolute atomic E-state index is 0.0987. The van der Waals surface area contributed by atoms with Crippen molar-refractivity contribution in [2.45, 2.75) is 32.7 Å². The lowest BCUT2D eigenvalue weighted by atomic mass is 9.99. The Morgan fingerprint density at radius 2 is 2.00 bits per heavy atom. The van der Waals surface area contributed by atoms with E-state index in [1.165, 1.54) is 36.7 Å². The number of anilines is 1. The molecule has 28 heavy (non-hydrogen) atoms. The zero-order valence-electron chi connectivity index (χ0n) is 16.0. The molecule has 0 spiro atoms. The molecule has 1 aliphatic rings. The number of nitro groups is 1. The number of piperidine rings is 1. The molecule has 0 aliphatic carbocycles. The van der Waals surface area contributed by atoms with Crippen LogP contribution in [0, 0.1) is 16.0 Å². The molecule has 2 aromatic rings. The highest BCUT2D eigenvalue weighted by atomic mass is 35.5. The first-order valence-electron chi connectivity index (χ1n) is 9.45. The maximum absolute atomic E-state index is 12.5. The van der Waals surface area contributed by atoms with Crippen LogP contribution in [0.1, 0.15) is 48.7 Å². The summed E-state index contributed by atoms with van der Waals surface area (Å²) in [5.41, 5.74) is 2.09. The van der Waals surface area contributed by atoms with E-state index >= 15 is 0 Å². The highest BCUT2D eigenvalue weighted by Crippen LogP contribution is 2.26. The average molecular weight is 402 g/mol. The average Bonchev–Trinajstić information content (AvgIpc) is 2.68. The summed E-state index contributed by atoms with van der Waals surface area (Å²) < 4.78 is 0. The van der Waals surface area contributed by atoms with Crippen molar-refractivity contribution in [2.24, 2.45) is 5.92 Å². The van der Waals surface area contributed by atoms with Gasteiger partial charge in [0.2, 0.25) is 0 Å². The van der Waals surface area contributed by atoms with Crippen LogP contribution in [0.4, 0.5) is 11.4 Å². The normalized spacial score (nSPS) is 17.8. The van der Waals surface area contributed by atoms with Crippen molar-refractivity contribution < 1.29 is 9.72 Å². The number of benzene rings is 2. The van der Waals surface area contributed by atoms with Crippen molar-refractivity contribution in [1.82, 2.24) is 5.32 Å². The fourth-order valence-electron chi connectivity index (χ4n) is 3.56. The number of hydrogen-bond acceptors (Lipinski definition) is 4. The van der Waals surface area contributed by atoms with Crippen molar-refractivity contribution in [3.63, 3.8) is 0 Å². The lowest BCUT2D eigenvalue weighted by Gasteiger charge is -2.33. The summed E-state index contributed by atoms with van der Waals surface area (Å²) in [7, 11) is 0. The number of carbonyl (C=O) groups excluding carboxylic acids is 1. The molecule has 0 aromatic heterocycles. The Bertz CT molecular complexity index is 870. The topological polar surface area (TPSA) is 75.5 Å². The summed E-state index contributed by atoms with van der Waals surface area (Å²) in [5, 5.41) is 14.0. The number of rotatable bonds is 5. The Morgan fingerprint density at radius 1 is 1.29 bits per heavy atom. The van der Waals surface area contributed by atoms with Gasteiger partial charge in [-0.15, -0.1) is 0 Å². The molecule has 148 valence electrons. The van der Waals surface area contributed by atoms with E-state index in [0.29, 0.717) is 5.92 Å². The van der Waals surface area contributed by atoms with E-state index in [-0.39, 0.29) is 22.3 Å². The van der Waals surface area contributed by atoms with Crippen LogP contribution in [0.25, 0.3) is 0 Å². The highest BCUT2D eigenvalue weighted by Gasteiger charge is 2.19. The number of halogens is 1. The first-order chi connectivity index (χ1) is 13.3. The molecule has 2 atom stereocenters. The molecule has 0 saturated carbocycles. The van der Waals surface area contributed by atoms with Crippen molar-refractivity contribution in [2.75, 3.05) is 18.0 Å². The van der Waals surface area contributed by atoms with Gasteiger partial charge >= 0.3 is 0 Å². The predicted molar refractivity (Wildman–Crippen MR) is 111 cm³/mol. The molecule has 1 fully saturated rings. The third kappa shape index (κ3) is 4.62. The van der Waals surface area contributed by atoms with Crippen LogP contribution in [0.2, 0.25) is 5.02 Å². The van der Waals surface area contributed by atoms with E-state index in [2.05, 4.69) is 29.3 Å². The summed E-state index contributed by atoms with van der Waals surface area (Å²) in [6, 6.07) is 11.8. The van der Waals surface area contributed by atoms with Crippen LogP contribution in [-0.4, -0.2) is 23.9 Å². The summed E-state index contributed by atoms with van der Waals surface area (Å²) >= 11 is 6.05. The Morgan fingerprint density at radius 3 is 2.64 bits per heavy atom. The highest BCUT2D eigenvalue weighted by molar-refractivity contribution is 6.33. The standard InChI is InChI=1S/C21H24ClN3O3/c1-14-4-3-11-24(13-14)17-7-5-16(6-8-17)15(2)23-21(26)19-12-18(25(27)28)9-10-20(19)22/h5-10,12,14-15H,3-4,11,13H2,1-2H3,(H,23,26)/t14-,15-/m1/s1. The lowest BCUT2D eigenvalue weighted by molar-refractivity contribution is -0.384. The number of amides is 1. The van der Waals surface area contributed by atoms with Gasteiger partial charge < -0.3 is 10.2 Å². The van der Waals surface area contributed by atoms with Gasteiger partial charge in [-0.05, 0) is 49.4 Å². The van der Waals surface area contributed by atoms with Crippen LogP contribution >= 0.6 is 11.6 Å². The molecular weight excluding hydrogens is 378 g/mol. The molecule has 7 heteroatoms. The molecular formula is C21H24ClN3O3. The number of nitro benzene ring substituents is 1. The second-order valence-corrected chi connectivity index (χ2v) is 7.81. The van der Waals surface area contributed by atoms with Gasteiger partial charge in [-0.3, -0.25) is 14.9 Å². The first kappa shape index (κ1) is 20.1. The zero-order valence-corrected chi connectivity index (χ0v) is 16.8. The van der Waals surface area contributed by atoms with Gasteiger partial charge in [0.15, 0.2) is 0 Å². The van der Waals surface area contributed by atoms with E-state index < -0.39 is 10.8 Å². The molecule has 0 unspecified atom stereocenters. The van der Waals surface area contributed by atoms with Crippen LogP contribution in [0.15, 0.2) is 42.5 Å². The largest absolute Gasteiger partial charge is 0.371 e. The van der Waals surface area contributed by atoms with Crippen LogP contribution in [-0.2, 0) is 0 Å². The summed E-state index contributed by atoms with van der Waals surface area (Å²) in [4.78, 5) is 25.3. The lowest BCUT2D eigenvalue weighted by Crippen LogP contribution is -2.34.